The van der Waals surface area contributed by atoms with Gasteiger partial charge in [-0.2, -0.15) is 4.98 Å². The van der Waals surface area contributed by atoms with Gasteiger partial charge >= 0.3 is 0 Å². The molecule has 9 heteroatoms. The van der Waals surface area contributed by atoms with Crippen molar-refractivity contribution in [3.8, 4) is 0 Å². The van der Waals surface area contributed by atoms with Crippen molar-refractivity contribution in [1.82, 2.24) is 25.1 Å². The molecule has 3 rings (SSSR count). The predicted octanol–water partition coefficient (Wildman–Crippen LogP) is 1.46. The van der Waals surface area contributed by atoms with Gasteiger partial charge in [0.15, 0.2) is 11.6 Å². The minimum Gasteiger partial charge on any atom is -0.360 e. The van der Waals surface area contributed by atoms with Crippen LogP contribution in [0.25, 0.3) is 0 Å². The molecule has 2 aromatic rings. The molecule has 0 bridgehead atoms. The number of hydrogen-bond donors (Lipinski definition) is 1. The van der Waals surface area contributed by atoms with Gasteiger partial charge in [0, 0.05) is 38.7 Å². The van der Waals surface area contributed by atoms with E-state index in [1.807, 2.05) is 0 Å². The Hall–Kier alpha value is -2.26. The highest BCUT2D eigenvalue weighted by molar-refractivity contribution is 5.91. The first-order valence-corrected chi connectivity index (χ1v) is 9.11. The van der Waals surface area contributed by atoms with Crippen molar-refractivity contribution in [3.05, 3.63) is 23.5 Å². The van der Waals surface area contributed by atoms with E-state index in [1.54, 1.807) is 13.0 Å². The molecule has 0 atom stereocenters. The average molecular weight is 362 g/mol. The fourth-order valence-electron chi connectivity index (χ4n) is 2.90. The van der Waals surface area contributed by atoms with Gasteiger partial charge < -0.3 is 14.4 Å². The van der Waals surface area contributed by atoms with Gasteiger partial charge in [-0.1, -0.05) is 23.7 Å². The Kier molecular flexibility index (Phi) is 6.35. The van der Waals surface area contributed by atoms with Gasteiger partial charge in [-0.25, -0.2) is 0 Å². The van der Waals surface area contributed by atoms with Crippen LogP contribution in [0.4, 0.5) is 5.82 Å². The van der Waals surface area contributed by atoms with Gasteiger partial charge in [-0.3, -0.25) is 14.6 Å². The summed E-state index contributed by atoms with van der Waals surface area (Å²) in [6.45, 7) is 8.32. The molecule has 9 nitrogen and oxygen atoms in total. The topological polar surface area (TPSA) is 101 Å². The summed E-state index contributed by atoms with van der Waals surface area (Å²) in [6.07, 6.45) is 3.07. The van der Waals surface area contributed by atoms with Crippen molar-refractivity contribution in [2.75, 3.05) is 38.0 Å². The van der Waals surface area contributed by atoms with Crippen LogP contribution < -0.4 is 5.32 Å². The number of carbonyl (C=O) groups excluding carboxylic acids is 1. The van der Waals surface area contributed by atoms with Crippen LogP contribution in [-0.2, 0) is 17.8 Å². The van der Waals surface area contributed by atoms with Gasteiger partial charge in [0.25, 0.3) is 0 Å². The quantitative estimate of drug-likeness (QED) is 0.753. The third kappa shape index (κ3) is 5.37. The van der Waals surface area contributed by atoms with Crippen LogP contribution in [-0.4, -0.2) is 63.7 Å². The first-order chi connectivity index (χ1) is 12.6. The van der Waals surface area contributed by atoms with E-state index in [-0.39, 0.29) is 5.91 Å². The van der Waals surface area contributed by atoms with E-state index in [2.05, 4.69) is 37.3 Å². The van der Waals surface area contributed by atoms with Gasteiger partial charge in [-0.15, -0.1) is 0 Å². The number of piperazine rings is 1. The molecular formula is C17H26N6O3. The van der Waals surface area contributed by atoms with Crippen molar-refractivity contribution in [2.45, 2.75) is 39.7 Å². The Labute approximate surface area is 152 Å². The molecule has 0 radical (unpaired) electrons. The van der Waals surface area contributed by atoms with Crippen LogP contribution in [0, 0.1) is 6.92 Å². The first kappa shape index (κ1) is 18.5. The van der Waals surface area contributed by atoms with E-state index < -0.39 is 0 Å². The van der Waals surface area contributed by atoms with E-state index >= 15 is 0 Å². The lowest BCUT2D eigenvalue weighted by Gasteiger charge is -2.33. The zero-order chi connectivity index (χ0) is 18.4. The smallest absolute Gasteiger partial charge is 0.240 e. The molecule has 0 spiro atoms. The number of aryl methyl sites for hydroxylation is 2. The second-order valence-electron chi connectivity index (χ2n) is 6.63. The summed E-state index contributed by atoms with van der Waals surface area (Å²) in [5.41, 5.74) is 0. The molecule has 0 aliphatic carbocycles. The highest BCUT2D eigenvalue weighted by Crippen LogP contribution is 2.10. The lowest BCUT2D eigenvalue weighted by atomic mass is 10.2. The zero-order valence-corrected chi connectivity index (χ0v) is 15.4. The SMILES string of the molecule is CCCCc1noc(CN2CCN(CC(=O)Nc3cc(C)on3)CC2)n1. The van der Waals surface area contributed by atoms with Crippen molar-refractivity contribution < 1.29 is 13.8 Å². The number of anilines is 1. The van der Waals surface area contributed by atoms with Gasteiger partial charge in [-0.05, 0) is 13.3 Å². The lowest BCUT2D eigenvalue weighted by Crippen LogP contribution is -2.48. The third-order valence-corrected chi connectivity index (χ3v) is 4.35. The maximum Gasteiger partial charge on any atom is 0.240 e. The summed E-state index contributed by atoms with van der Waals surface area (Å²) < 4.78 is 10.3. The van der Waals surface area contributed by atoms with E-state index in [0.717, 1.165) is 51.3 Å². The summed E-state index contributed by atoms with van der Waals surface area (Å²) in [4.78, 5) is 20.9. The number of amides is 1. The molecule has 0 saturated carbocycles. The summed E-state index contributed by atoms with van der Waals surface area (Å²) >= 11 is 0. The number of aromatic nitrogens is 3. The highest BCUT2D eigenvalue weighted by atomic mass is 16.5. The zero-order valence-electron chi connectivity index (χ0n) is 15.4. The molecule has 142 valence electrons. The Morgan fingerprint density at radius 1 is 1.19 bits per heavy atom. The molecular weight excluding hydrogens is 336 g/mol. The van der Waals surface area contributed by atoms with Crippen molar-refractivity contribution in [1.29, 1.82) is 0 Å². The van der Waals surface area contributed by atoms with Crippen LogP contribution in [0.1, 0.15) is 37.2 Å². The van der Waals surface area contributed by atoms with E-state index in [1.165, 1.54) is 0 Å². The summed E-state index contributed by atoms with van der Waals surface area (Å²) in [5, 5.41) is 10.5. The fourth-order valence-corrected chi connectivity index (χ4v) is 2.90. The van der Waals surface area contributed by atoms with Crippen molar-refractivity contribution >= 4 is 11.7 Å². The molecule has 2 aromatic heterocycles. The Morgan fingerprint density at radius 2 is 1.96 bits per heavy atom. The van der Waals surface area contributed by atoms with Crippen LogP contribution in [0.5, 0.6) is 0 Å². The predicted molar refractivity (Wildman–Crippen MR) is 94.5 cm³/mol. The number of carbonyl (C=O) groups is 1. The van der Waals surface area contributed by atoms with Crippen LogP contribution in [0.2, 0.25) is 0 Å². The molecule has 1 amide bonds. The number of hydrogen-bond acceptors (Lipinski definition) is 8. The first-order valence-electron chi connectivity index (χ1n) is 9.11. The Balaban J connectivity index is 1.38. The summed E-state index contributed by atoms with van der Waals surface area (Å²) in [7, 11) is 0. The molecule has 1 aliphatic rings. The molecule has 3 heterocycles. The molecule has 26 heavy (non-hydrogen) atoms. The summed E-state index contributed by atoms with van der Waals surface area (Å²) in [6, 6.07) is 1.70. The average Bonchev–Trinajstić information content (AvgIpc) is 3.23. The number of nitrogens with zero attached hydrogens (tertiary/aromatic N) is 5. The maximum absolute atomic E-state index is 12.1. The number of unbranched alkanes of at least 4 members (excludes halogenated alkanes) is 1. The maximum atomic E-state index is 12.1. The lowest BCUT2D eigenvalue weighted by molar-refractivity contribution is -0.117. The molecule has 0 unspecified atom stereocenters. The molecule has 1 fully saturated rings. The molecule has 1 N–H and O–H groups in total. The van der Waals surface area contributed by atoms with Crippen molar-refractivity contribution in [2.24, 2.45) is 0 Å². The standard InChI is InChI=1S/C17H26N6O3/c1-3-4-5-14-19-17(26-20-14)12-23-8-6-22(7-9-23)11-16(24)18-15-10-13(2)25-21-15/h10H,3-9,11-12H2,1-2H3,(H,18,21,24). The van der Waals surface area contributed by atoms with Gasteiger partial charge in [0.2, 0.25) is 11.8 Å². The van der Waals surface area contributed by atoms with E-state index in [9.17, 15) is 4.79 Å². The van der Waals surface area contributed by atoms with Crippen molar-refractivity contribution in [3.63, 3.8) is 0 Å². The molecule has 1 saturated heterocycles. The van der Waals surface area contributed by atoms with Crippen LogP contribution in [0.15, 0.2) is 15.1 Å². The Bertz CT molecular complexity index is 705. The van der Waals surface area contributed by atoms with E-state index in [4.69, 9.17) is 9.05 Å². The largest absolute Gasteiger partial charge is 0.360 e. The highest BCUT2D eigenvalue weighted by Gasteiger charge is 2.21. The number of nitrogens with one attached hydrogen (secondary N) is 1. The van der Waals surface area contributed by atoms with Gasteiger partial charge in [0.05, 0.1) is 13.1 Å². The second-order valence-corrected chi connectivity index (χ2v) is 6.63. The monoisotopic (exact) mass is 362 g/mol. The minimum absolute atomic E-state index is 0.0794. The molecule has 0 aromatic carbocycles. The molecule has 1 aliphatic heterocycles. The normalized spacial score (nSPS) is 16.1. The van der Waals surface area contributed by atoms with Crippen LogP contribution in [0.3, 0.4) is 0 Å². The fraction of sp³-hybridized carbons (Fsp3) is 0.647. The number of rotatable bonds is 8. The van der Waals surface area contributed by atoms with Crippen LogP contribution >= 0.6 is 0 Å². The third-order valence-electron chi connectivity index (χ3n) is 4.35. The second kappa shape index (κ2) is 8.91. The Morgan fingerprint density at radius 3 is 2.65 bits per heavy atom. The van der Waals surface area contributed by atoms with E-state index in [0.29, 0.717) is 30.6 Å². The summed E-state index contributed by atoms with van der Waals surface area (Å²) in [5.74, 6) is 2.52. The minimum atomic E-state index is -0.0794. The van der Waals surface area contributed by atoms with Gasteiger partial charge in [0.1, 0.15) is 5.76 Å².